The number of rotatable bonds is 4. The van der Waals surface area contributed by atoms with Gasteiger partial charge in [-0.25, -0.2) is 0 Å². The van der Waals surface area contributed by atoms with Crippen LogP contribution < -0.4 is 0 Å². The van der Waals surface area contributed by atoms with Crippen LogP contribution in [0, 0.1) is 11.5 Å². The number of nitriles is 1. The van der Waals surface area contributed by atoms with Crippen LogP contribution in [-0.4, -0.2) is 18.0 Å². The van der Waals surface area contributed by atoms with E-state index in [0.29, 0.717) is 0 Å². The minimum atomic E-state index is 0.795. The van der Waals surface area contributed by atoms with Gasteiger partial charge in [-0.05, 0) is 18.9 Å². The molecule has 0 atom stereocenters. The van der Waals surface area contributed by atoms with Crippen LogP contribution in [0.1, 0.15) is 12.5 Å². The molecule has 13 heavy (non-hydrogen) atoms. The lowest BCUT2D eigenvalue weighted by atomic mass is 10.1. The number of benzene rings is 1. The van der Waals surface area contributed by atoms with Crippen molar-refractivity contribution in [3.8, 4) is 6.19 Å². The van der Waals surface area contributed by atoms with Crippen LogP contribution in [0.4, 0.5) is 0 Å². The molecular formula is C11H14N2. The second-order valence-corrected chi connectivity index (χ2v) is 2.92. The van der Waals surface area contributed by atoms with Gasteiger partial charge in [0.15, 0.2) is 6.19 Å². The maximum absolute atomic E-state index is 8.68. The normalized spacial score (nSPS) is 9.23. The van der Waals surface area contributed by atoms with Gasteiger partial charge in [0.25, 0.3) is 0 Å². The van der Waals surface area contributed by atoms with Gasteiger partial charge in [0.05, 0.1) is 0 Å². The zero-order valence-corrected chi connectivity index (χ0v) is 7.90. The van der Waals surface area contributed by atoms with Gasteiger partial charge in [-0.1, -0.05) is 30.3 Å². The van der Waals surface area contributed by atoms with Crippen molar-refractivity contribution in [1.82, 2.24) is 4.90 Å². The molecule has 0 fully saturated rings. The minimum Gasteiger partial charge on any atom is -0.311 e. The van der Waals surface area contributed by atoms with Gasteiger partial charge in [-0.3, -0.25) is 0 Å². The summed E-state index contributed by atoms with van der Waals surface area (Å²) in [5.41, 5.74) is 1.29. The van der Waals surface area contributed by atoms with Crippen molar-refractivity contribution in [3.63, 3.8) is 0 Å². The molecule has 68 valence electrons. The van der Waals surface area contributed by atoms with Crippen LogP contribution in [0.2, 0.25) is 0 Å². The molecule has 0 saturated heterocycles. The van der Waals surface area contributed by atoms with Crippen LogP contribution in [-0.2, 0) is 6.42 Å². The van der Waals surface area contributed by atoms with Crippen molar-refractivity contribution >= 4 is 0 Å². The highest BCUT2D eigenvalue weighted by Gasteiger charge is 1.97. The molecule has 0 spiro atoms. The van der Waals surface area contributed by atoms with Crippen molar-refractivity contribution in [2.75, 3.05) is 13.1 Å². The Morgan fingerprint density at radius 3 is 2.54 bits per heavy atom. The van der Waals surface area contributed by atoms with Crippen LogP contribution in [0.15, 0.2) is 30.3 Å². The van der Waals surface area contributed by atoms with Crippen LogP contribution in [0.25, 0.3) is 0 Å². The van der Waals surface area contributed by atoms with E-state index in [4.69, 9.17) is 5.26 Å². The predicted molar refractivity (Wildman–Crippen MR) is 53.0 cm³/mol. The molecule has 1 aromatic carbocycles. The first-order chi connectivity index (χ1) is 6.36. The van der Waals surface area contributed by atoms with E-state index in [0.717, 1.165) is 19.5 Å². The average molecular weight is 174 g/mol. The zero-order valence-electron chi connectivity index (χ0n) is 7.90. The summed E-state index contributed by atoms with van der Waals surface area (Å²) in [6, 6.07) is 10.2. The lowest BCUT2D eigenvalue weighted by molar-refractivity contribution is 0.417. The fourth-order valence-electron chi connectivity index (χ4n) is 1.19. The molecule has 0 bridgehead atoms. The van der Waals surface area contributed by atoms with Gasteiger partial charge in [0.1, 0.15) is 0 Å². The molecule has 2 nitrogen and oxygen atoms in total. The van der Waals surface area contributed by atoms with Gasteiger partial charge in [0.2, 0.25) is 0 Å². The van der Waals surface area contributed by atoms with Crippen LogP contribution >= 0.6 is 0 Å². The number of hydrogen-bond acceptors (Lipinski definition) is 2. The highest BCUT2D eigenvalue weighted by molar-refractivity contribution is 5.14. The Labute approximate surface area is 79.4 Å². The topological polar surface area (TPSA) is 27.0 Å². The maximum atomic E-state index is 8.68. The van der Waals surface area contributed by atoms with Gasteiger partial charge in [-0.15, -0.1) is 0 Å². The molecule has 0 aliphatic carbocycles. The second-order valence-electron chi connectivity index (χ2n) is 2.92. The maximum Gasteiger partial charge on any atom is 0.179 e. The molecular weight excluding hydrogens is 160 g/mol. The molecule has 2 heteroatoms. The second kappa shape index (κ2) is 5.21. The van der Waals surface area contributed by atoms with E-state index in [1.54, 1.807) is 4.90 Å². The Morgan fingerprint density at radius 1 is 1.31 bits per heavy atom. The first-order valence-electron chi connectivity index (χ1n) is 4.55. The highest BCUT2D eigenvalue weighted by Crippen LogP contribution is 2.00. The lowest BCUT2D eigenvalue weighted by Crippen LogP contribution is -2.19. The Hall–Kier alpha value is -1.49. The fourth-order valence-corrected chi connectivity index (χ4v) is 1.19. The molecule has 1 rings (SSSR count). The Morgan fingerprint density at radius 2 is 2.00 bits per heavy atom. The van der Waals surface area contributed by atoms with Crippen LogP contribution in [0.5, 0.6) is 0 Å². The van der Waals surface area contributed by atoms with Gasteiger partial charge in [-0.2, -0.15) is 5.26 Å². The van der Waals surface area contributed by atoms with E-state index in [1.807, 2.05) is 25.1 Å². The quantitative estimate of drug-likeness (QED) is 0.516. The first kappa shape index (κ1) is 9.60. The minimum absolute atomic E-state index is 0.795. The van der Waals surface area contributed by atoms with Crippen molar-refractivity contribution in [2.45, 2.75) is 13.3 Å². The number of nitrogens with zero attached hydrogens (tertiary/aromatic N) is 2. The van der Waals surface area contributed by atoms with E-state index in [-0.39, 0.29) is 0 Å². The molecule has 0 unspecified atom stereocenters. The van der Waals surface area contributed by atoms with E-state index in [1.165, 1.54) is 5.56 Å². The van der Waals surface area contributed by atoms with Gasteiger partial charge < -0.3 is 4.90 Å². The fraction of sp³-hybridized carbons (Fsp3) is 0.364. The number of hydrogen-bond donors (Lipinski definition) is 0. The lowest BCUT2D eigenvalue weighted by Gasteiger charge is -2.11. The first-order valence-corrected chi connectivity index (χ1v) is 4.55. The van der Waals surface area contributed by atoms with Crippen molar-refractivity contribution in [1.29, 1.82) is 5.26 Å². The third-order valence-electron chi connectivity index (χ3n) is 2.04. The van der Waals surface area contributed by atoms with E-state index in [9.17, 15) is 0 Å². The summed E-state index contributed by atoms with van der Waals surface area (Å²) in [7, 11) is 0. The molecule has 0 radical (unpaired) electrons. The van der Waals surface area contributed by atoms with Gasteiger partial charge >= 0.3 is 0 Å². The molecule has 0 saturated carbocycles. The summed E-state index contributed by atoms with van der Waals surface area (Å²) >= 11 is 0. The highest BCUT2D eigenvalue weighted by atomic mass is 15.1. The third-order valence-corrected chi connectivity index (χ3v) is 2.04. The van der Waals surface area contributed by atoms with Crippen molar-refractivity contribution in [2.24, 2.45) is 0 Å². The summed E-state index contributed by atoms with van der Waals surface area (Å²) < 4.78 is 0. The molecule has 1 aromatic rings. The van der Waals surface area contributed by atoms with Crippen molar-refractivity contribution in [3.05, 3.63) is 35.9 Å². The smallest absolute Gasteiger partial charge is 0.179 e. The zero-order chi connectivity index (χ0) is 9.52. The number of likely N-dealkylation sites (N-methyl/N-ethyl adjacent to an activating group) is 1. The molecule has 0 heterocycles. The van der Waals surface area contributed by atoms with Gasteiger partial charge in [0, 0.05) is 13.1 Å². The summed E-state index contributed by atoms with van der Waals surface area (Å²) in [5, 5.41) is 8.68. The molecule has 0 aliphatic heterocycles. The average Bonchev–Trinajstić information content (AvgIpc) is 2.21. The Kier molecular flexibility index (Phi) is 3.84. The molecule has 0 amide bonds. The Bertz CT molecular complexity index is 274. The standard InChI is InChI=1S/C11H14N2/c1-2-13(10-12)9-8-11-6-4-3-5-7-11/h3-7H,2,8-9H2,1H3. The Balaban J connectivity index is 2.40. The molecule has 0 aliphatic rings. The monoisotopic (exact) mass is 174 g/mol. The predicted octanol–water partition coefficient (Wildman–Crippen LogP) is 2.03. The molecule has 0 N–H and O–H groups in total. The SMILES string of the molecule is CCN(C#N)CCc1ccccc1. The summed E-state index contributed by atoms with van der Waals surface area (Å²) in [5.74, 6) is 0. The van der Waals surface area contributed by atoms with E-state index >= 15 is 0 Å². The summed E-state index contributed by atoms with van der Waals surface area (Å²) in [4.78, 5) is 1.76. The molecule has 0 aromatic heterocycles. The van der Waals surface area contributed by atoms with Crippen molar-refractivity contribution < 1.29 is 0 Å². The third kappa shape index (κ3) is 3.16. The van der Waals surface area contributed by atoms with E-state index < -0.39 is 0 Å². The van der Waals surface area contributed by atoms with E-state index in [2.05, 4.69) is 18.3 Å². The van der Waals surface area contributed by atoms with Crippen LogP contribution in [0.3, 0.4) is 0 Å². The summed E-state index contributed by atoms with van der Waals surface area (Å²) in [6.45, 7) is 3.61. The largest absolute Gasteiger partial charge is 0.311 e. The summed E-state index contributed by atoms with van der Waals surface area (Å²) in [6.07, 6.45) is 3.10.